The van der Waals surface area contributed by atoms with E-state index in [1.54, 1.807) is 0 Å². The van der Waals surface area contributed by atoms with Crippen LogP contribution in [0, 0.1) is 6.92 Å². The topological polar surface area (TPSA) is 21.7 Å². The zero-order valence-corrected chi connectivity index (χ0v) is 10.6. The number of hydrogen-bond donors (Lipinski definition) is 0. The molecule has 0 radical (unpaired) electrons. The van der Waals surface area contributed by atoms with Gasteiger partial charge in [0.1, 0.15) is 0 Å². The standard InChI is InChI=1S/C13H21NO2/c1-5-12-10-11(4)8-9-13(12)14(15-6-2)16-7-3/h8-10H,5-7H2,1-4H3. The third-order valence-electron chi connectivity index (χ3n) is 2.31. The van der Waals surface area contributed by atoms with E-state index in [4.69, 9.17) is 9.68 Å². The molecule has 0 atom stereocenters. The van der Waals surface area contributed by atoms with Gasteiger partial charge in [0.2, 0.25) is 0 Å². The molecule has 1 aromatic rings. The largest absolute Gasteiger partial charge is 0.249 e. The summed E-state index contributed by atoms with van der Waals surface area (Å²) in [6, 6.07) is 6.28. The molecule has 0 aliphatic heterocycles. The van der Waals surface area contributed by atoms with E-state index in [-0.39, 0.29) is 0 Å². The summed E-state index contributed by atoms with van der Waals surface area (Å²) < 4.78 is 0. The minimum Gasteiger partial charge on any atom is -0.249 e. The van der Waals surface area contributed by atoms with E-state index in [0.29, 0.717) is 13.2 Å². The molecule has 16 heavy (non-hydrogen) atoms. The summed E-state index contributed by atoms with van der Waals surface area (Å²) in [4.78, 5) is 10.9. The maximum absolute atomic E-state index is 5.46. The number of rotatable bonds is 6. The number of anilines is 1. The molecular weight excluding hydrogens is 202 g/mol. The van der Waals surface area contributed by atoms with Gasteiger partial charge in [0.25, 0.3) is 0 Å². The fourth-order valence-corrected chi connectivity index (χ4v) is 1.59. The molecule has 3 heteroatoms. The third kappa shape index (κ3) is 3.22. The van der Waals surface area contributed by atoms with Crippen LogP contribution in [0.3, 0.4) is 0 Å². The molecule has 0 aliphatic rings. The van der Waals surface area contributed by atoms with E-state index >= 15 is 0 Å². The molecule has 0 spiro atoms. The van der Waals surface area contributed by atoms with E-state index in [0.717, 1.165) is 12.1 Å². The zero-order chi connectivity index (χ0) is 12.0. The minimum absolute atomic E-state index is 0.594. The molecule has 1 aromatic carbocycles. The van der Waals surface area contributed by atoms with E-state index in [1.165, 1.54) is 16.4 Å². The van der Waals surface area contributed by atoms with Crippen molar-refractivity contribution in [3.63, 3.8) is 0 Å². The highest BCUT2D eigenvalue weighted by molar-refractivity contribution is 5.51. The highest BCUT2D eigenvalue weighted by Crippen LogP contribution is 2.23. The summed E-state index contributed by atoms with van der Waals surface area (Å²) >= 11 is 0. The van der Waals surface area contributed by atoms with Crippen LogP contribution in [0.2, 0.25) is 0 Å². The van der Waals surface area contributed by atoms with Crippen molar-refractivity contribution in [2.45, 2.75) is 34.1 Å². The molecule has 0 saturated carbocycles. The predicted octanol–water partition coefficient (Wildman–Crippen LogP) is 3.27. The normalized spacial score (nSPS) is 10.5. The van der Waals surface area contributed by atoms with Crippen molar-refractivity contribution in [3.05, 3.63) is 29.3 Å². The summed E-state index contributed by atoms with van der Waals surface area (Å²) in [6.07, 6.45) is 0.966. The third-order valence-corrected chi connectivity index (χ3v) is 2.31. The van der Waals surface area contributed by atoms with E-state index < -0.39 is 0 Å². The SMILES string of the molecule is CCON(OCC)c1ccc(C)cc1CC. The van der Waals surface area contributed by atoms with Crippen LogP contribution in [-0.4, -0.2) is 13.2 Å². The van der Waals surface area contributed by atoms with Gasteiger partial charge in [-0.15, -0.1) is 5.23 Å². The van der Waals surface area contributed by atoms with Gasteiger partial charge in [0, 0.05) is 0 Å². The quantitative estimate of drug-likeness (QED) is 0.691. The Kier molecular flexibility index (Phi) is 5.29. The van der Waals surface area contributed by atoms with Crippen LogP contribution in [0.15, 0.2) is 18.2 Å². The Bertz CT molecular complexity index is 320. The maximum atomic E-state index is 5.46. The van der Waals surface area contributed by atoms with Crippen LogP contribution < -0.4 is 5.23 Å². The van der Waals surface area contributed by atoms with Gasteiger partial charge in [-0.05, 0) is 38.8 Å². The molecule has 0 unspecified atom stereocenters. The molecule has 0 aromatic heterocycles. The molecule has 0 aliphatic carbocycles. The van der Waals surface area contributed by atoms with Crippen molar-refractivity contribution in [1.29, 1.82) is 0 Å². The van der Waals surface area contributed by atoms with Gasteiger partial charge in [0.05, 0.1) is 18.9 Å². The first-order valence-corrected chi connectivity index (χ1v) is 5.88. The monoisotopic (exact) mass is 223 g/mol. The van der Waals surface area contributed by atoms with Crippen molar-refractivity contribution in [2.24, 2.45) is 0 Å². The van der Waals surface area contributed by atoms with Crippen LogP contribution in [-0.2, 0) is 16.1 Å². The number of hydrogen-bond acceptors (Lipinski definition) is 3. The summed E-state index contributed by atoms with van der Waals surface area (Å²) in [7, 11) is 0. The Morgan fingerprint density at radius 3 is 2.19 bits per heavy atom. The lowest BCUT2D eigenvalue weighted by atomic mass is 10.1. The minimum atomic E-state index is 0.594. The van der Waals surface area contributed by atoms with Gasteiger partial charge in [-0.25, -0.2) is 9.68 Å². The Labute approximate surface area is 97.9 Å². The zero-order valence-electron chi connectivity index (χ0n) is 10.6. The molecule has 0 fully saturated rings. The molecule has 3 nitrogen and oxygen atoms in total. The molecule has 0 saturated heterocycles. The van der Waals surface area contributed by atoms with Crippen molar-refractivity contribution in [2.75, 3.05) is 18.4 Å². The number of aryl methyl sites for hydroxylation is 2. The van der Waals surface area contributed by atoms with Crippen LogP contribution in [0.25, 0.3) is 0 Å². The smallest absolute Gasteiger partial charge is 0.0979 e. The predicted molar refractivity (Wildman–Crippen MR) is 66.3 cm³/mol. The first-order valence-electron chi connectivity index (χ1n) is 5.88. The lowest BCUT2D eigenvalue weighted by Crippen LogP contribution is -2.25. The van der Waals surface area contributed by atoms with Crippen molar-refractivity contribution in [1.82, 2.24) is 0 Å². The van der Waals surface area contributed by atoms with Gasteiger partial charge in [-0.2, -0.15) is 0 Å². The summed E-state index contributed by atoms with van der Waals surface area (Å²) in [5.41, 5.74) is 3.49. The number of benzene rings is 1. The Balaban J connectivity index is 2.97. The van der Waals surface area contributed by atoms with Crippen LogP contribution in [0.4, 0.5) is 5.69 Å². The first kappa shape index (κ1) is 13.0. The molecule has 0 amide bonds. The van der Waals surface area contributed by atoms with Gasteiger partial charge in [0.15, 0.2) is 0 Å². The van der Waals surface area contributed by atoms with Crippen LogP contribution in [0.5, 0.6) is 0 Å². The molecule has 90 valence electrons. The van der Waals surface area contributed by atoms with Gasteiger partial charge in [-0.1, -0.05) is 24.6 Å². The van der Waals surface area contributed by atoms with E-state index in [9.17, 15) is 0 Å². The second-order valence-corrected chi connectivity index (χ2v) is 3.58. The lowest BCUT2D eigenvalue weighted by Gasteiger charge is -2.23. The van der Waals surface area contributed by atoms with Crippen LogP contribution >= 0.6 is 0 Å². The Hall–Kier alpha value is -1.06. The van der Waals surface area contributed by atoms with Crippen LogP contribution in [0.1, 0.15) is 31.9 Å². The Morgan fingerprint density at radius 2 is 1.69 bits per heavy atom. The molecule has 0 heterocycles. The van der Waals surface area contributed by atoms with Crippen molar-refractivity contribution < 1.29 is 9.68 Å². The first-order chi connectivity index (χ1) is 7.72. The molecular formula is C13H21NO2. The second-order valence-electron chi connectivity index (χ2n) is 3.58. The summed E-state index contributed by atoms with van der Waals surface area (Å²) in [6.45, 7) is 9.31. The van der Waals surface area contributed by atoms with Gasteiger partial charge >= 0.3 is 0 Å². The second kappa shape index (κ2) is 6.51. The molecule has 0 N–H and O–H groups in total. The van der Waals surface area contributed by atoms with Gasteiger partial charge in [-0.3, -0.25) is 0 Å². The fraction of sp³-hybridized carbons (Fsp3) is 0.538. The highest BCUT2D eigenvalue weighted by Gasteiger charge is 2.11. The van der Waals surface area contributed by atoms with E-state index in [2.05, 4.69) is 26.0 Å². The van der Waals surface area contributed by atoms with E-state index in [1.807, 2.05) is 19.9 Å². The average molecular weight is 223 g/mol. The highest BCUT2D eigenvalue weighted by atomic mass is 16.9. The Morgan fingerprint density at radius 1 is 1.06 bits per heavy atom. The molecule has 0 bridgehead atoms. The average Bonchev–Trinajstić information content (AvgIpc) is 2.28. The van der Waals surface area contributed by atoms with Gasteiger partial charge < -0.3 is 0 Å². The maximum Gasteiger partial charge on any atom is 0.0979 e. The fourth-order valence-electron chi connectivity index (χ4n) is 1.59. The van der Waals surface area contributed by atoms with Crippen molar-refractivity contribution in [3.8, 4) is 0 Å². The molecule has 1 rings (SSSR count). The number of nitrogens with zero attached hydrogens (tertiary/aromatic N) is 1. The lowest BCUT2D eigenvalue weighted by molar-refractivity contribution is -0.0820. The summed E-state index contributed by atoms with van der Waals surface area (Å²) in [5.74, 6) is 0. The van der Waals surface area contributed by atoms with Crippen molar-refractivity contribution >= 4 is 5.69 Å². The summed E-state index contributed by atoms with van der Waals surface area (Å²) in [5, 5.41) is 1.53.